The summed E-state index contributed by atoms with van der Waals surface area (Å²) in [4.78, 5) is 15.5. The summed E-state index contributed by atoms with van der Waals surface area (Å²) in [6.07, 6.45) is -0.0134. The smallest absolute Gasteiger partial charge is 0.309 e. The lowest BCUT2D eigenvalue weighted by molar-refractivity contribution is -0.136. The molecule has 0 aliphatic carbocycles. The van der Waals surface area contributed by atoms with Crippen LogP contribution in [-0.4, -0.2) is 20.6 Å². The zero-order valence-corrected chi connectivity index (χ0v) is 11.7. The van der Waals surface area contributed by atoms with E-state index in [1.807, 2.05) is 50.5 Å². The van der Waals surface area contributed by atoms with Gasteiger partial charge < -0.3 is 5.11 Å². The Bertz CT molecular complexity index is 622. The molecule has 0 saturated carbocycles. The van der Waals surface area contributed by atoms with Gasteiger partial charge in [0.05, 0.1) is 23.5 Å². The van der Waals surface area contributed by atoms with Gasteiger partial charge in [0.25, 0.3) is 0 Å². The third-order valence-corrected chi connectivity index (χ3v) is 3.32. The van der Waals surface area contributed by atoms with Crippen molar-refractivity contribution in [1.29, 1.82) is 0 Å². The minimum atomic E-state index is -0.838. The second-order valence-corrected chi connectivity index (χ2v) is 4.84. The maximum Gasteiger partial charge on any atom is 0.309 e. The molecular weight excluding hydrogens is 240 g/mol. The van der Waals surface area contributed by atoms with Crippen LogP contribution in [0.5, 0.6) is 0 Å². The van der Waals surface area contributed by atoms with Crippen molar-refractivity contribution in [3.8, 4) is 5.69 Å². The number of carbonyl (C=O) groups is 1. The number of nitrogens with zero attached hydrogens (tertiary/aromatic N) is 2. The monoisotopic (exact) mass is 258 g/mol. The Kier molecular flexibility index (Phi) is 3.42. The second-order valence-electron chi connectivity index (χ2n) is 4.84. The van der Waals surface area contributed by atoms with E-state index in [2.05, 4.69) is 4.98 Å². The Balaban J connectivity index is 2.71. The Morgan fingerprint density at radius 3 is 2.32 bits per heavy atom. The van der Waals surface area contributed by atoms with Gasteiger partial charge in [-0.3, -0.25) is 9.36 Å². The maximum absolute atomic E-state index is 11.0. The topological polar surface area (TPSA) is 55.1 Å². The SMILES string of the molecule is Cc1cccc(C)c1-n1c(C)nc(C)c1CC(=O)O. The van der Waals surface area contributed by atoms with Gasteiger partial charge in [0, 0.05) is 0 Å². The third kappa shape index (κ3) is 2.38. The Hall–Kier alpha value is -2.10. The molecular formula is C15H18N2O2. The zero-order valence-electron chi connectivity index (χ0n) is 11.7. The first-order valence-corrected chi connectivity index (χ1v) is 6.25. The van der Waals surface area contributed by atoms with E-state index in [1.54, 1.807) is 0 Å². The summed E-state index contributed by atoms with van der Waals surface area (Å²) < 4.78 is 1.97. The molecule has 100 valence electrons. The van der Waals surface area contributed by atoms with Crippen LogP contribution in [0.2, 0.25) is 0 Å². The highest BCUT2D eigenvalue weighted by Crippen LogP contribution is 2.24. The molecule has 2 aromatic rings. The molecule has 0 amide bonds. The van der Waals surface area contributed by atoms with Crippen LogP contribution in [0.15, 0.2) is 18.2 Å². The van der Waals surface area contributed by atoms with Gasteiger partial charge in [-0.05, 0) is 38.8 Å². The molecule has 4 heteroatoms. The summed E-state index contributed by atoms with van der Waals surface area (Å²) in [6.45, 7) is 7.82. The van der Waals surface area contributed by atoms with Crippen molar-refractivity contribution >= 4 is 5.97 Å². The number of rotatable bonds is 3. The van der Waals surface area contributed by atoms with E-state index in [9.17, 15) is 4.79 Å². The van der Waals surface area contributed by atoms with Gasteiger partial charge in [0.15, 0.2) is 0 Å². The van der Waals surface area contributed by atoms with Gasteiger partial charge in [-0.15, -0.1) is 0 Å². The molecule has 0 spiro atoms. The molecule has 0 unspecified atom stereocenters. The van der Waals surface area contributed by atoms with Gasteiger partial charge >= 0.3 is 5.97 Å². The van der Waals surface area contributed by atoms with Crippen LogP contribution in [0.25, 0.3) is 5.69 Å². The number of aryl methyl sites for hydroxylation is 4. The predicted octanol–water partition coefficient (Wildman–Crippen LogP) is 2.73. The van der Waals surface area contributed by atoms with Crippen molar-refractivity contribution in [1.82, 2.24) is 9.55 Å². The number of aromatic nitrogens is 2. The van der Waals surface area contributed by atoms with E-state index in [0.29, 0.717) is 0 Å². The number of imidazole rings is 1. The minimum Gasteiger partial charge on any atom is -0.481 e. The first-order valence-electron chi connectivity index (χ1n) is 6.25. The average Bonchev–Trinajstić information content (AvgIpc) is 2.55. The standard InChI is InChI=1S/C15H18N2O2/c1-9-6-5-7-10(2)15(9)17-12(4)16-11(3)13(17)8-14(18)19/h5-7H,8H2,1-4H3,(H,18,19). The molecule has 2 rings (SSSR count). The molecule has 0 fully saturated rings. The van der Waals surface area contributed by atoms with E-state index < -0.39 is 5.97 Å². The van der Waals surface area contributed by atoms with Crippen LogP contribution in [0.4, 0.5) is 0 Å². The largest absolute Gasteiger partial charge is 0.481 e. The van der Waals surface area contributed by atoms with Crippen LogP contribution < -0.4 is 0 Å². The van der Waals surface area contributed by atoms with Gasteiger partial charge in [-0.1, -0.05) is 18.2 Å². The van der Waals surface area contributed by atoms with E-state index in [-0.39, 0.29) is 6.42 Å². The molecule has 0 aliphatic heterocycles. The van der Waals surface area contributed by atoms with Crippen LogP contribution >= 0.6 is 0 Å². The molecule has 0 radical (unpaired) electrons. The first-order chi connectivity index (χ1) is 8.91. The van der Waals surface area contributed by atoms with Gasteiger partial charge in [-0.25, -0.2) is 4.98 Å². The summed E-state index contributed by atoms with van der Waals surface area (Å²) in [5.74, 6) is -0.0124. The Labute approximate surface area is 112 Å². The molecule has 0 aliphatic rings. The highest BCUT2D eigenvalue weighted by Gasteiger charge is 2.18. The van der Waals surface area contributed by atoms with Crippen LogP contribution in [-0.2, 0) is 11.2 Å². The lowest BCUT2D eigenvalue weighted by Crippen LogP contribution is -2.11. The summed E-state index contributed by atoms with van der Waals surface area (Å²) in [7, 11) is 0. The molecule has 0 saturated heterocycles. The summed E-state index contributed by atoms with van der Waals surface area (Å²) >= 11 is 0. The third-order valence-electron chi connectivity index (χ3n) is 3.32. The summed E-state index contributed by atoms with van der Waals surface area (Å²) in [5.41, 5.74) is 4.81. The Morgan fingerprint density at radius 1 is 1.21 bits per heavy atom. The zero-order chi connectivity index (χ0) is 14.2. The number of carboxylic acids is 1. The predicted molar refractivity (Wildman–Crippen MR) is 73.9 cm³/mol. The normalized spacial score (nSPS) is 10.7. The van der Waals surface area contributed by atoms with Crippen molar-refractivity contribution in [3.63, 3.8) is 0 Å². The maximum atomic E-state index is 11.0. The number of benzene rings is 1. The molecule has 1 heterocycles. The van der Waals surface area contributed by atoms with E-state index >= 15 is 0 Å². The van der Waals surface area contributed by atoms with Crippen LogP contribution in [0, 0.1) is 27.7 Å². The summed E-state index contributed by atoms with van der Waals surface area (Å²) in [6, 6.07) is 6.06. The van der Waals surface area contributed by atoms with Gasteiger partial charge in [0.1, 0.15) is 5.82 Å². The van der Waals surface area contributed by atoms with Gasteiger partial charge in [-0.2, -0.15) is 0 Å². The Morgan fingerprint density at radius 2 is 1.79 bits per heavy atom. The average molecular weight is 258 g/mol. The molecule has 4 nitrogen and oxygen atoms in total. The fourth-order valence-electron chi connectivity index (χ4n) is 2.52. The number of aliphatic carboxylic acids is 1. The van der Waals surface area contributed by atoms with E-state index in [4.69, 9.17) is 5.11 Å². The fraction of sp³-hybridized carbons (Fsp3) is 0.333. The van der Waals surface area contributed by atoms with Gasteiger partial charge in [0.2, 0.25) is 0 Å². The fourth-order valence-corrected chi connectivity index (χ4v) is 2.52. The number of carboxylic acid groups (broad SMARTS) is 1. The van der Waals surface area contributed by atoms with Crippen molar-refractivity contribution in [2.45, 2.75) is 34.1 Å². The highest BCUT2D eigenvalue weighted by molar-refractivity contribution is 5.70. The van der Waals surface area contributed by atoms with E-state index in [0.717, 1.165) is 34.0 Å². The van der Waals surface area contributed by atoms with Crippen molar-refractivity contribution in [3.05, 3.63) is 46.5 Å². The molecule has 0 atom stereocenters. The van der Waals surface area contributed by atoms with Crippen molar-refractivity contribution < 1.29 is 9.90 Å². The highest BCUT2D eigenvalue weighted by atomic mass is 16.4. The molecule has 1 aromatic heterocycles. The molecule has 0 bridgehead atoms. The van der Waals surface area contributed by atoms with Crippen LogP contribution in [0.1, 0.15) is 28.3 Å². The first kappa shape index (κ1) is 13.3. The number of hydrogen-bond donors (Lipinski definition) is 1. The lowest BCUT2D eigenvalue weighted by atomic mass is 10.1. The molecule has 1 aromatic carbocycles. The molecule has 1 N–H and O–H groups in total. The van der Waals surface area contributed by atoms with Crippen molar-refractivity contribution in [2.24, 2.45) is 0 Å². The van der Waals surface area contributed by atoms with Crippen molar-refractivity contribution in [2.75, 3.05) is 0 Å². The lowest BCUT2D eigenvalue weighted by Gasteiger charge is -2.15. The summed E-state index contributed by atoms with van der Waals surface area (Å²) in [5, 5.41) is 9.07. The minimum absolute atomic E-state index is 0.0134. The number of hydrogen-bond acceptors (Lipinski definition) is 2. The second kappa shape index (κ2) is 4.88. The quantitative estimate of drug-likeness (QED) is 0.921. The number of para-hydroxylation sites is 1. The van der Waals surface area contributed by atoms with E-state index in [1.165, 1.54) is 0 Å². The molecule has 19 heavy (non-hydrogen) atoms. The van der Waals surface area contributed by atoms with Crippen LogP contribution in [0.3, 0.4) is 0 Å².